The van der Waals surface area contributed by atoms with Gasteiger partial charge in [0.15, 0.2) is 0 Å². The lowest BCUT2D eigenvalue weighted by atomic mass is 10.00. The zero-order valence-electron chi connectivity index (χ0n) is 18.0. The Kier molecular flexibility index (Phi) is 6.46. The van der Waals surface area contributed by atoms with Crippen molar-refractivity contribution in [3.05, 3.63) is 83.9 Å². The number of aryl methyl sites for hydroxylation is 1. The Balaban J connectivity index is 1.57. The van der Waals surface area contributed by atoms with Crippen LogP contribution in [-0.2, 0) is 16.4 Å². The Morgan fingerprint density at radius 2 is 1.78 bits per heavy atom. The molecule has 7 heteroatoms. The average molecular weight is 451 g/mol. The molecule has 32 heavy (non-hydrogen) atoms. The fourth-order valence-electron chi connectivity index (χ4n) is 3.73. The van der Waals surface area contributed by atoms with E-state index in [-0.39, 0.29) is 10.8 Å². The Hall–Kier alpha value is -3.32. The van der Waals surface area contributed by atoms with Gasteiger partial charge < -0.3 is 9.64 Å². The van der Waals surface area contributed by atoms with Crippen LogP contribution in [-0.4, -0.2) is 27.5 Å². The van der Waals surface area contributed by atoms with Crippen molar-refractivity contribution >= 4 is 27.3 Å². The van der Waals surface area contributed by atoms with E-state index < -0.39 is 10.0 Å². The Bertz CT molecular complexity index is 1190. The molecule has 0 radical (unpaired) electrons. The van der Waals surface area contributed by atoms with E-state index in [2.05, 4.69) is 4.72 Å². The van der Waals surface area contributed by atoms with Gasteiger partial charge in [-0.1, -0.05) is 31.2 Å². The number of hydrogen-bond acceptors (Lipinski definition) is 4. The third-order valence-electron chi connectivity index (χ3n) is 5.33. The van der Waals surface area contributed by atoms with Crippen molar-refractivity contribution < 1.29 is 17.9 Å². The summed E-state index contributed by atoms with van der Waals surface area (Å²) in [4.78, 5) is 14.9. The first-order valence-electron chi connectivity index (χ1n) is 10.7. The van der Waals surface area contributed by atoms with Gasteiger partial charge in [-0.3, -0.25) is 9.52 Å². The summed E-state index contributed by atoms with van der Waals surface area (Å²) in [6, 6.07) is 20.8. The molecule has 0 aliphatic carbocycles. The minimum atomic E-state index is -3.78. The first-order valence-corrected chi connectivity index (χ1v) is 12.2. The summed E-state index contributed by atoms with van der Waals surface area (Å²) in [6.07, 6.45) is 2.59. The number of carbonyl (C=O) groups excluding carboxylic acids is 1. The van der Waals surface area contributed by atoms with Gasteiger partial charge in [-0.25, -0.2) is 8.42 Å². The fraction of sp³-hybridized carbons (Fsp3) is 0.240. The molecule has 1 amide bonds. The van der Waals surface area contributed by atoms with E-state index >= 15 is 0 Å². The molecule has 0 atom stereocenters. The predicted octanol–water partition coefficient (Wildman–Crippen LogP) is 4.87. The number of rotatable bonds is 7. The Labute approximate surface area is 188 Å². The van der Waals surface area contributed by atoms with Gasteiger partial charge in [0.25, 0.3) is 15.9 Å². The van der Waals surface area contributed by atoms with Crippen LogP contribution in [0.3, 0.4) is 0 Å². The van der Waals surface area contributed by atoms with E-state index in [0.717, 1.165) is 30.5 Å². The first kappa shape index (κ1) is 21.9. The van der Waals surface area contributed by atoms with Crippen LogP contribution in [0.1, 0.15) is 35.7 Å². The second-order valence-electron chi connectivity index (χ2n) is 7.70. The van der Waals surface area contributed by atoms with Crippen molar-refractivity contribution in [2.24, 2.45) is 0 Å². The molecule has 0 aromatic heterocycles. The van der Waals surface area contributed by atoms with E-state index in [1.165, 1.54) is 12.1 Å². The van der Waals surface area contributed by atoms with Crippen LogP contribution in [0, 0.1) is 0 Å². The third kappa shape index (κ3) is 4.78. The molecule has 6 nitrogen and oxygen atoms in total. The zero-order valence-corrected chi connectivity index (χ0v) is 18.8. The van der Waals surface area contributed by atoms with E-state index in [0.29, 0.717) is 30.2 Å². The lowest BCUT2D eigenvalue weighted by molar-refractivity contribution is 0.0985. The molecule has 1 N–H and O–H groups in total. The molecular weight excluding hydrogens is 424 g/mol. The van der Waals surface area contributed by atoms with E-state index in [9.17, 15) is 13.2 Å². The second-order valence-corrected chi connectivity index (χ2v) is 9.38. The van der Waals surface area contributed by atoms with Crippen molar-refractivity contribution in [3.63, 3.8) is 0 Å². The van der Waals surface area contributed by atoms with Gasteiger partial charge >= 0.3 is 0 Å². The summed E-state index contributed by atoms with van der Waals surface area (Å²) in [7, 11) is -3.78. The summed E-state index contributed by atoms with van der Waals surface area (Å²) in [5, 5.41) is 0. The Morgan fingerprint density at radius 1 is 1.03 bits per heavy atom. The van der Waals surface area contributed by atoms with Crippen molar-refractivity contribution in [3.8, 4) is 5.75 Å². The molecule has 0 saturated carbocycles. The lowest BCUT2D eigenvalue weighted by Gasteiger charge is -2.30. The predicted molar refractivity (Wildman–Crippen MR) is 126 cm³/mol. The molecule has 1 heterocycles. The number of fused-ring (bicyclic) bond motifs is 1. The van der Waals surface area contributed by atoms with Crippen LogP contribution < -0.4 is 14.4 Å². The third-order valence-corrected chi connectivity index (χ3v) is 6.73. The largest absolute Gasteiger partial charge is 0.494 e. The SMILES string of the molecule is CCCOc1ccc(S(=O)(=O)Nc2ccc3c(c2)N(C(=O)c2ccccc2)CCC3)cc1. The molecule has 0 spiro atoms. The summed E-state index contributed by atoms with van der Waals surface area (Å²) in [5.74, 6) is 0.545. The number of nitrogens with one attached hydrogen (secondary N) is 1. The average Bonchev–Trinajstić information content (AvgIpc) is 2.82. The van der Waals surface area contributed by atoms with E-state index in [1.807, 2.05) is 31.2 Å². The highest BCUT2D eigenvalue weighted by Crippen LogP contribution is 2.32. The molecule has 3 aromatic carbocycles. The van der Waals surface area contributed by atoms with Crippen LogP contribution in [0.2, 0.25) is 0 Å². The minimum absolute atomic E-state index is 0.0887. The molecule has 166 valence electrons. The summed E-state index contributed by atoms with van der Waals surface area (Å²) in [5.41, 5.74) is 2.80. The van der Waals surface area contributed by atoms with Crippen LogP contribution in [0.25, 0.3) is 0 Å². The lowest BCUT2D eigenvalue weighted by Crippen LogP contribution is -2.35. The van der Waals surface area contributed by atoms with Crippen molar-refractivity contribution in [2.75, 3.05) is 22.8 Å². The van der Waals surface area contributed by atoms with Gasteiger partial charge in [-0.15, -0.1) is 0 Å². The molecule has 4 rings (SSSR count). The quantitative estimate of drug-likeness (QED) is 0.557. The maximum atomic E-state index is 13.1. The first-order chi connectivity index (χ1) is 15.5. The molecule has 0 unspecified atom stereocenters. The minimum Gasteiger partial charge on any atom is -0.494 e. The summed E-state index contributed by atoms with van der Waals surface area (Å²) < 4.78 is 34.0. The fourth-order valence-corrected chi connectivity index (χ4v) is 4.78. The highest BCUT2D eigenvalue weighted by molar-refractivity contribution is 7.92. The highest BCUT2D eigenvalue weighted by atomic mass is 32.2. The van der Waals surface area contributed by atoms with Crippen molar-refractivity contribution in [1.82, 2.24) is 0 Å². The number of sulfonamides is 1. The number of hydrogen-bond donors (Lipinski definition) is 1. The maximum Gasteiger partial charge on any atom is 0.261 e. The van der Waals surface area contributed by atoms with Gasteiger partial charge in [-0.05, 0) is 73.4 Å². The van der Waals surface area contributed by atoms with Gasteiger partial charge in [-0.2, -0.15) is 0 Å². The number of amides is 1. The topological polar surface area (TPSA) is 75.7 Å². The summed E-state index contributed by atoms with van der Waals surface area (Å²) in [6.45, 7) is 3.18. The van der Waals surface area contributed by atoms with Crippen molar-refractivity contribution in [2.45, 2.75) is 31.1 Å². The normalized spacial score (nSPS) is 13.3. The van der Waals surface area contributed by atoms with E-state index in [1.54, 1.807) is 41.3 Å². The van der Waals surface area contributed by atoms with Crippen LogP contribution >= 0.6 is 0 Å². The van der Waals surface area contributed by atoms with Crippen LogP contribution in [0.15, 0.2) is 77.7 Å². The molecular formula is C25H26N2O4S. The molecule has 1 aliphatic rings. The Morgan fingerprint density at radius 3 is 2.50 bits per heavy atom. The number of carbonyl (C=O) groups is 1. The van der Waals surface area contributed by atoms with Crippen LogP contribution in [0.4, 0.5) is 11.4 Å². The van der Waals surface area contributed by atoms with E-state index in [4.69, 9.17) is 4.74 Å². The monoisotopic (exact) mass is 450 g/mol. The smallest absolute Gasteiger partial charge is 0.261 e. The van der Waals surface area contributed by atoms with Gasteiger partial charge in [0.2, 0.25) is 0 Å². The molecule has 3 aromatic rings. The number of nitrogens with zero attached hydrogens (tertiary/aromatic N) is 1. The number of ether oxygens (including phenoxy) is 1. The van der Waals surface area contributed by atoms with Gasteiger partial charge in [0.1, 0.15) is 5.75 Å². The molecule has 0 saturated heterocycles. The van der Waals surface area contributed by atoms with Crippen molar-refractivity contribution in [1.29, 1.82) is 0 Å². The van der Waals surface area contributed by atoms with Crippen LogP contribution in [0.5, 0.6) is 5.75 Å². The highest BCUT2D eigenvalue weighted by Gasteiger charge is 2.24. The van der Waals surface area contributed by atoms with Gasteiger partial charge in [0, 0.05) is 17.8 Å². The maximum absolute atomic E-state index is 13.1. The molecule has 0 fully saturated rings. The standard InChI is InChI=1S/C25H26N2O4S/c1-2-17-31-22-12-14-23(15-13-22)32(29,30)26-21-11-10-19-9-6-16-27(24(19)18-21)25(28)20-7-4-3-5-8-20/h3-5,7-8,10-15,18,26H,2,6,9,16-17H2,1H3. The number of anilines is 2. The molecule has 1 aliphatic heterocycles. The zero-order chi connectivity index (χ0) is 22.6. The second kappa shape index (κ2) is 9.44. The molecule has 0 bridgehead atoms. The summed E-state index contributed by atoms with van der Waals surface area (Å²) >= 11 is 0. The van der Waals surface area contributed by atoms with Gasteiger partial charge in [0.05, 0.1) is 17.2 Å². The number of benzene rings is 3.